The van der Waals surface area contributed by atoms with Gasteiger partial charge in [0, 0.05) is 13.1 Å². The Morgan fingerprint density at radius 1 is 1.29 bits per heavy atom. The van der Waals surface area contributed by atoms with Crippen molar-refractivity contribution < 1.29 is 14.3 Å². The topological polar surface area (TPSA) is 85.2 Å². The average molecular weight is 330 g/mol. The number of imidazole rings is 1. The zero-order chi connectivity index (χ0) is 17.7. The highest BCUT2D eigenvalue weighted by Gasteiger charge is 2.15. The summed E-state index contributed by atoms with van der Waals surface area (Å²) in [5.74, 6) is -0.667. The molecule has 1 aromatic carbocycles. The van der Waals surface area contributed by atoms with Crippen LogP contribution in [0.5, 0.6) is 0 Å². The minimum atomic E-state index is -0.395. The first-order chi connectivity index (χ1) is 11.4. The Hall–Kier alpha value is -2.83. The molecule has 0 saturated heterocycles. The molecule has 7 heteroatoms. The second-order valence-corrected chi connectivity index (χ2v) is 5.62. The summed E-state index contributed by atoms with van der Waals surface area (Å²) in [6.45, 7) is 6.02. The van der Waals surface area contributed by atoms with Crippen LogP contribution >= 0.6 is 0 Å². The van der Waals surface area contributed by atoms with Crippen molar-refractivity contribution in [3.8, 4) is 0 Å². The van der Waals surface area contributed by atoms with Crippen molar-refractivity contribution in [3.63, 3.8) is 0 Å². The smallest absolute Gasteiger partial charge is 0.338 e. The van der Waals surface area contributed by atoms with Crippen LogP contribution in [0.1, 0.15) is 41.6 Å². The van der Waals surface area contributed by atoms with E-state index in [1.54, 1.807) is 43.1 Å². The highest BCUT2D eigenvalue weighted by Crippen LogP contribution is 2.25. The van der Waals surface area contributed by atoms with Gasteiger partial charge in [0.25, 0.3) is 5.91 Å². The van der Waals surface area contributed by atoms with E-state index in [4.69, 9.17) is 4.74 Å². The lowest BCUT2D eigenvalue weighted by Crippen LogP contribution is -2.18. The van der Waals surface area contributed by atoms with Gasteiger partial charge in [0.15, 0.2) is 0 Å². The molecule has 0 bridgehead atoms. The number of aromatic nitrogens is 2. The maximum Gasteiger partial charge on any atom is 0.338 e. The number of nitrogens with zero attached hydrogens (tertiary/aromatic N) is 2. The molecule has 1 aromatic heterocycles. The van der Waals surface area contributed by atoms with Gasteiger partial charge in [-0.05, 0) is 39.0 Å². The first kappa shape index (κ1) is 17.5. The molecule has 0 aliphatic rings. The number of esters is 1. The van der Waals surface area contributed by atoms with Gasteiger partial charge < -0.3 is 19.9 Å². The average Bonchev–Trinajstić information content (AvgIpc) is 2.95. The minimum Gasteiger partial charge on any atom is -0.462 e. The normalized spacial score (nSPS) is 10.5. The molecule has 2 N–H and O–H groups in total. The van der Waals surface area contributed by atoms with E-state index in [1.807, 2.05) is 13.8 Å². The maximum absolute atomic E-state index is 12.4. The summed E-state index contributed by atoms with van der Waals surface area (Å²) < 4.78 is 6.65. The van der Waals surface area contributed by atoms with Crippen molar-refractivity contribution in [2.45, 2.75) is 26.8 Å². The van der Waals surface area contributed by atoms with Crippen LogP contribution in [0.15, 0.2) is 30.7 Å². The molecule has 0 saturated carbocycles. The number of anilines is 2. The summed E-state index contributed by atoms with van der Waals surface area (Å²) in [4.78, 5) is 28.2. The molecule has 0 aliphatic heterocycles. The van der Waals surface area contributed by atoms with Gasteiger partial charge in [-0.1, -0.05) is 0 Å². The summed E-state index contributed by atoms with van der Waals surface area (Å²) in [7, 11) is 1.75. The van der Waals surface area contributed by atoms with Crippen molar-refractivity contribution in [2.75, 3.05) is 17.2 Å². The molecule has 0 radical (unpaired) electrons. The standard InChI is InChI=1S/C17H22N4O3/c1-5-24-17(23)12-6-7-13(14(8-12)19-11(2)3)20-16(22)15-9-18-10-21(15)4/h6-11,19H,5H2,1-4H3,(H,20,22). The van der Waals surface area contributed by atoms with E-state index in [0.717, 1.165) is 0 Å². The third-order valence-electron chi connectivity index (χ3n) is 3.27. The number of benzene rings is 1. The van der Waals surface area contributed by atoms with Crippen LogP contribution in [0.3, 0.4) is 0 Å². The molecule has 0 spiro atoms. The molecule has 1 heterocycles. The number of carbonyl (C=O) groups excluding carboxylic acids is 2. The number of hydrogen-bond acceptors (Lipinski definition) is 5. The zero-order valence-electron chi connectivity index (χ0n) is 14.3. The van der Waals surface area contributed by atoms with Crippen LogP contribution in [0.25, 0.3) is 0 Å². The number of ether oxygens (including phenoxy) is 1. The van der Waals surface area contributed by atoms with E-state index in [-0.39, 0.29) is 11.9 Å². The molecule has 128 valence electrons. The van der Waals surface area contributed by atoms with Gasteiger partial charge in [-0.3, -0.25) is 4.79 Å². The molecule has 2 rings (SSSR count). The Bertz CT molecular complexity index is 737. The number of hydrogen-bond donors (Lipinski definition) is 2. The van der Waals surface area contributed by atoms with Gasteiger partial charge in [0.2, 0.25) is 0 Å². The number of carbonyl (C=O) groups is 2. The fraction of sp³-hybridized carbons (Fsp3) is 0.353. The summed E-state index contributed by atoms with van der Waals surface area (Å²) in [5, 5.41) is 6.07. The fourth-order valence-corrected chi connectivity index (χ4v) is 2.19. The van der Waals surface area contributed by atoms with Gasteiger partial charge in [0.1, 0.15) is 5.69 Å². The van der Waals surface area contributed by atoms with Gasteiger partial charge in [-0.2, -0.15) is 0 Å². The van der Waals surface area contributed by atoms with Crippen LogP contribution in [-0.4, -0.2) is 34.1 Å². The van der Waals surface area contributed by atoms with Crippen LogP contribution in [-0.2, 0) is 11.8 Å². The Kier molecular flexibility index (Phi) is 5.57. The molecular formula is C17H22N4O3. The molecule has 7 nitrogen and oxygen atoms in total. The molecule has 0 atom stereocenters. The van der Waals surface area contributed by atoms with Crippen molar-refractivity contribution in [3.05, 3.63) is 42.0 Å². The van der Waals surface area contributed by atoms with E-state index in [9.17, 15) is 9.59 Å². The number of amides is 1. The Morgan fingerprint density at radius 3 is 2.62 bits per heavy atom. The maximum atomic E-state index is 12.4. The second kappa shape index (κ2) is 7.63. The van der Waals surface area contributed by atoms with Gasteiger partial charge in [-0.15, -0.1) is 0 Å². The fourth-order valence-electron chi connectivity index (χ4n) is 2.19. The highest BCUT2D eigenvalue weighted by atomic mass is 16.5. The zero-order valence-corrected chi connectivity index (χ0v) is 14.3. The van der Waals surface area contributed by atoms with Crippen molar-refractivity contribution in [1.29, 1.82) is 0 Å². The Balaban J connectivity index is 2.29. The highest BCUT2D eigenvalue weighted by molar-refractivity contribution is 6.05. The number of aryl methyl sites for hydroxylation is 1. The van der Waals surface area contributed by atoms with E-state index in [0.29, 0.717) is 29.2 Å². The van der Waals surface area contributed by atoms with Crippen LogP contribution in [0.2, 0.25) is 0 Å². The van der Waals surface area contributed by atoms with Gasteiger partial charge >= 0.3 is 5.97 Å². The molecule has 1 amide bonds. The third-order valence-corrected chi connectivity index (χ3v) is 3.27. The third kappa shape index (κ3) is 4.13. The minimum absolute atomic E-state index is 0.134. The van der Waals surface area contributed by atoms with Crippen LogP contribution in [0.4, 0.5) is 11.4 Å². The predicted octanol–water partition coefficient (Wildman–Crippen LogP) is 2.67. The van der Waals surface area contributed by atoms with E-state index < -0.39 is 5.97 Å². The summed E-state index contributed by atoms with van der Waals surface area (Å²) in [6.07, 6.45) is 3.06. The SMILES string of the molecule is CCOC(=O)c1ccc(NC(=O)c2cncn2C)c(NC(C)C)c1. The lowest BCUT2D eigenvalue weighted by molar-refractivity contribution is 0.0526. The van der Waals surface area contributed by atoms with Gasteiger partial charge in [-0.25, -0.2) is 9.78 Å². The summed E-state index contributed by atoms with van der Waals surface area (Å²) >= 11 is 0. The largest absolute Gasteiger partial charge is 0.462 e. The monoisotopic (exact) mass is 330 g/mol. The van der Waals surface area contributed by atoms with E-state index in [1.165, 1.54) is 6.20 Å². The lowest BCUT2D eigenvalue weighted by atomic mass is 10.1. The van der Waals surface area contributed by atoms with Crippen molar-refractivity contribution >= 4 is 23.3 Å². The first-order valence-corrected chi connectivity index (χ1v) is 7.77. The Morgan fingerprint density at radius 2 is 2.04 bits per heavy atom. The quantitative estimate of drug-likeness (QED) is 0.795. The first-order valence-electron chi connectivity index (χ1n) is 7.77. The van der Waals surface area contributed by atoms with Crippen molar-refractivity contribution in [2.24, 2.45) is 7.05 Å². The van der Waals surface area contributed by atoms with Crippen LogP contribution in [0, 0.1) is 0 Å². The predicted molar refractivity (Wildman–Crippen MR) is 92.3 cm³/mol. The lowest BCUT2D eigenvalue weighted by Gasteiger charge is -2.16. The molecule has 0 unspecified atom stereocenters. The number of nitrogens with one attached hydrogen (secondary N) is 2. The summed E-state index contributed by atoms with van der Waals surface area (Å²) in [6, 6.07) is 5.12. The van der Waals surface area contributed by atoms with Crippen molar-refractivity contribution in [1.82, 2.24) is 9.55 Å². The summed E-state index contributed by atoms with van der Waals surface area (Å²) in [5.41, 5.74) is 2.12. The van der Waals surface area contributed by atoms with E-state index >= 15 is 0 Å². The number of rotatable bonds is 6. The Labute approximate surface area is 141 Å². The molecule has 24 heavy (non-hydrogen) atoms. The van der Waals surface area contributed by atoms with E-state index in [2.05, 4.69) is 15.6 Å². The second-order valence-electron chi connectivity index (χ2n) is 5.62. The molecule has 2 aromatic rings. The molecular weight excluding hydrogens is 308 g/mol. The molecule has 0 fully saturated rings. The van der Waals surface area contributed by atoms with Crippen LogP contribution < -0.4 is 10.6 Å². The van der Waals surface area contributed by atoms with Gasteiger partial charge in [0.05, 0.1) is 36.1 Å². The molecule has 0 aliphatic carbocycles.